The molecule has 7 nitrogen and oxygen atoms in total. The van der Waals surface area contributed by atoms with Crippen LogP contribution in [-0.4, -0.2) is 28.5 Å². The molecule has 0 fully saturated rings. The van der Waals surface area contributed by atoms with Gasteiger partial charge in [0.15, 0.2) is 0 Å². The van der Waals surface area contributed by atoms with E-state index < -0.39 is 5.97 Å². The van der Waals surface area contributed by atoms with Crippen molar-refractivity contribution in [2.75, 3.05) is 12.4 Å². The second-order valence-corrected chi connectivity index (χ2v) is 7.78. The van der Waals surface area contributed by atoms with Gasteiger partial charge in [-0.2, -0.15) is 0 Å². The molecular weight excluding hydrogens is 418 g/mol. The van der Waals surface area contributed by atoms with Crippen LogP contribution in [0.3, 0.4) is 0 Å². The number of hydrogen-bond donors (Lipinski definition) is 1. The Morgan fingerprint density at radius 2 is 1.64 bits per heavy atom. The van der Waals surface area contributed by atoms with Gasteiger partial charge in [-0.25, -0.2) is 4.79 Å². The molecule has 1 amide bonds. The molecule has 0 atom stereocenters. The molecule has 0 spiro atoms. The Balaban J connectivity index is 2.02. The number of fused-ring (bicyclic) bond motifs is 1. The van der Waals surface area contributed by atoms with Crippen molar-refractivity contribution in [3.8, 4) is 16.8 Å². The highest BCUT2D eigenvalue weighted by molar-refractivity contribution is 6.07. The summed E-state index contributed by atoms with van der Waals surface area (Å²) in [6, 6.07) is 16.3. The molecule has 0 unspecified atom stereocenters. The summed E-state index contributed by atoms with van der Waals surface area (Å²) in [5.74, 6) is -0.725. The first-order valence-electron chi connectivity index (χ1n) is 10.4. The number of aromatic nitrogens is 2. The molecule has 0 saturated heterocycles. The number of esters is 1. The average Bonchev–Trinajstić information content (AvgIpc) is 2.79. The Kier molecular flexibility index (Phi) is 5.79. The van der Waals surface area contributed by atoms with Gasteiger partial charge >= 0.3 is 5.97 Å². The van der Waals surface area contributed by atoms with Gasteiger partial charge in [0, 0.05) is 30.1 Å². The third-order valence-corrected chi connectivity index (χ3v) is 5.42. The average molecular weight is 441 g/mol. The summed E-state index contributed by atoms with van der Waals surface area (Å²) in [5, 5.41) is 3.04. The lowest BCUT2D eigenvalue weighted by Gasteiger charge is -2.16. The summed E-state index contributed by atoms with van der Waals surface area (Å²) in [6.45, 7) is 5.14. The predicted molar refractivity (Wildman–Crippen MR) is 128 cm³/mol. The van der Waals surface area contributed by atoms with E-state index in [2.05, 4.69) is 10.3 Å². The van der Waals surface area contributed by atoms with Gasteiger partial charge in [0.05, 0.1) is 29.3 Å². The molecule has 166 valence electrons. The normalized spacial score (nSPS) is 10.8. The van der Waals surface area contributed by atoms with E-state index in [1.165, 1.54) is 18.6 Å². The van der Waals surface area contributed by atoms with Crippen molar-refractivity contribution in [1.29, 1.82) is 0 Å². The topological polar surface area (TPSA) is 90.3 Å². The minimum Gasteiger partial charge on any atom is -0.465 e. The molecule has 1 N–H and O–H groups in total. The zero-order valence-corrected chi connectivity index (χ0v) is 18.8. The van der Waals surface area contributed by atoms with Crippen LogP contribution in [-0.2, 0) is 9.53 Å². The monoisotopic (exact) mass is 441 g/mol. The Morgan fingerprint density at radius 1 is 0.970 bits per heavy atom. The molecule has 33 heavy (non-hydrogen) atoms. The lowest BCUT2D eigenvalue weighted by Crippen LogP contribution is -2.21. The van der Waals surface area contributed by atoms with Crippen LogP contribution < -0.4 is 10.9 Å². The Bertz CT molecular complexity index is 1440. The standard InChI is InChI=1S/C26H23N3O4/c1-15-5-7-18(8-6-15)23-22(26(32)33-4)16(2)27-21-13-14-29(25(31)24(21)23)20-11-9-19(10-12-20)28-17(3)30/h5-14H,1-4H3,(H,28,30). The highest BCUT2D eigenvalue weighted by Gasteiger charge is 2.23. The molecule has 0 bridgehead atoms. The smallest absolute Gasteiger partial charge is 0.340 e. The number of ether oxygens (including phenoxy) is 1. The molecule has 0 aliphatic rings. The number of benzene rings is 2. The van der Waals surface area contributed by atoms with E-state index in [1.54, 1.807) is 43.5 Å². The lowest BCUT2D eigenvalue weighted by atomic mass is 9.94. The van der Waals surface area contributed by atoms with Crippen molar-refractivity contribution >= 4 is 28.5 Å². The summed E-state index contributed by atoms with van der Waals surface area (Å²) in [7, 11) is 1.31. The second-order valence-electron chi connectivity index (χ2n) is 7.78. The van der Waals surface area contributed by atoms with Gasteiger partial charge in [-0.15, -0.1) is 0 Å². The van der Waals surface area contributed by atoms with Crippen LogP contribution in [0, 0.1) is 13.8 Å². The summed E-state index contributed by atoms with van der Waals surface area (Å²) < 4.78 is 6.52. The number of methoxy groups -OCH3 is 1. The number of nitrogens with zero attached hydrogens (tertiary/aromatic N) is 2. The fourth-order valence-corrected chi connectivity index (χ4v) is 3.87. The van der Waals surface area contributed by atoms with Crippen LogP contribution in [0.25, 0.3) is 27.7 Å². The third kappa shape index (κ3) is 4.13. The number of anilines is 1. The number of nitrogens with one attached hydrogen (secondary N) is 1. The highest BCUT2D eigenvalue weighted by atomic mass is 16.5. The summed E-state index contributed by atoms with van der Waals surface area (Å²) in [6.07, 6.45) is 1.65. The van der Waals surface area contributed by atoms with E-state index in [0.29, 0.717) is 33.5 Å². The van der Waals surface area contributed by atoms with E-state index in [0.717, 1.165) is 11.1 Å². The summed E-state index contributed by atoms with van der Waals surface area (Å²) in [5.41, 5.74) is 4.47. The van der Waals surface area contributed by atoms with Gasteiger partial charge in [-0.05, 0) is 49.7 Å². The van der Waals surface area contributed by atoms with E-state index in [9.17, 15) is 14.4 Å². The fourth-order valence-electron chi connectivity index (χ4n) is 3.87. The minimum absolute atomic E-state index is 0.176. The van der Waals surface area contributed by atoms with Crippen molar-refractivity contribution in [1.82, 2.24) is 9.55 Å². The van der Waals surface area contributed by atoms with Gasteiger partial charge in [0.1, 0.15) is 0 Å². The second kappa shape index (κ2) is 8.70. The maximum Gasteiger partial charge on any atom is 0.340 e. The number of carbonyl (C=O) groups is 2. The summed E-state index contributed by atoms with van der Waals surface area (Å²) in [4.78, 5) is 42.3. The number of carbonyl (C=O) groups excluding carboxylic acids is 2. The first kappa shape index (κ1) is 22.0. The number of aryl methyl sites for hydroxylation is 2. The predicted octanol–water partition coefficient (Wildman–Crippen LogP) is 4.41. The van der Waals surface area contributed by atoms with Crippen molar-refractivity contribution in [2.24, 2.45) is 0 Å². The van der Waals surface area contributed by atoms with Crippen LogP contribution in [0.5, 0.6) is 0 Å². The molecule has 0 aliphatic heterocycles. The maximum absolute atomic E-state index is 13.7. The highest BCUT2D eigenvalue weighted by Crippen LogP contribution is 2.32. The van der Waals surface area contributed by atoms with Crippen LogP contribution in [0.1, 0.15) is 28.5 Å². The first-order valence-corrected chi connectivity index (χ1v) is 10.4. The van der Waals surface area contributed by atoms with Gasteiger partial charge in [-0.1, -0.05) is 29.8 Å². The summed E-state index contributed by atoms with van der Waals surface area (Å²) >= 11 is 0. The molecule has 2 heterocycles. The van der Waals surface area contributed by atoms with Gasteiger partial charge in [0.25, 0.3) is 5.56 Å². The molecule has 4 rings (SSSR count). The van der Waals surface area contributed by atoms with Crippen LogP contribution in [0.4, 0.5) is 5.69 Å². The molecular formula is C26H23N3O4. The number of hydrogen-bond acceptors (Lipinski definition) is 5. The lowest BCUT2D eigenvalue weighted by molar-refractivity contribution is -0.114. The van der Waals surface area contributed by atoms with Gasteiger partial charge in [-0.3, -0.25) is 19.1 Å². The SMILES string of the molecule is COC(=O)c1c(C)nc2ccn(-c3ccc(NC(C)=O)cc3)c(=O)c2c1-c1ccc(C)cc1. The molecule has 4 aromatic rings. The van der Waals surface area contributed by atoms with Crippen LogP contribution >= 0.6 is 0 Å². The fraction of sp³-hybridized carbons (Fsp3) is 0.154. The largest absolute Gasteiger partial charge is 0.465 e. The number of rotatable bonds is 4. The maximum atomic E-state index is 13.7. The Hall–Kier alpha value is -4.26. The van der Waals surface area contributed by atoms with Crippen molar-refractivity contribution in [3.05, 3.63) is 88.0 Å². The van der Waals surface area contributed by atoms with Crippen LogP contribution in [0.15, 0.2) is 65.6 Å². The van der Waals surface area contributed by atoms with E-state index in [1.807, 2.05) is 31.2 Å². The van der Waals surface area contributed by atoms with E-state index in [4.69, 9.17) is 4.74 Å². The van der Waals surface area contributed by atoms with Crippen molar-refractivity contribution in [3.63, 3.8) is 0 Å². The zero-order chi connectivity index (χ0) is 23.7. The van der Waals surface area contributed by atoms with Crippen LogP contribution in [0.2, 0.25) is 0 Å². The number of amides is 1. The number of pyridine rings is 2. The molecule has 0 aliphatic carbocycles. The molecule has 2 aromatic carbocycles. The third-order valence-electron chi connectivity index (χ3n) is 5.42. The zero-order valence-electron chi connectivity index (χ0n) is 18.8. The Labute approximate surface area is 190 Å². The molecule has 0 saturated carbocycles. The quantitative estimate of drug-likeness (QED) is 0.474. The molecule has 0 radical (unpaired) electrons. The minimum atomic E-state index is -0.549. The molecule has 7 heteroatoms. The van der Waals surface area contributed by atoms with Gasteiger partial charge < -0.3 is 10.1 Å². The van der Waals surface area contributed by atoms with Crippen molar-refractivity contribution in [2.45, 2.75) is 20.8 Å². The first-order chi connectivity index (χ1) is 15.8. The van der Waals surface area contributed by atoms with Crippen molar-refractivity contribution < 1.29 is 14.3 Å². The van der Waals surface area contributed by atoms with E-state index >= 15 is 0 Å². The Morgan fingerprint density at radius 3 is 2.24 bits per heavy atom. The molecule has 2 aromatic heterocycles. The van der Waals surface area contributed by atoms with Gasteiger partial charge in [0.2, 0.25) is 5.91 Å². The van der Waals surface area contributed by atoms with E-state index in [-0.39, 0.29) is 17.0 Å².